The molecule has 2 fully saturated rings. The molecular weight excluding hydrogens is 338 g/mol. The maximum Gasteiger partial charge on any atom is 0.146 e. The van der Waals surface area contributed by atoms with Crippen LogP contribution in [0.5, 0.6) is 5.75 Å². The highest BCUT2D eigenvalue weighted by Crippen LogP contribution is 2.38. The number of likely N-dealkylation sites (tertiary alicyclic amines) is 1. The predicted molar refractivity (Wildman–Crippen MR) is 92.5 cm³/mol. The van der Waals surface area contributed by atoms with Gasteiger partial charge in [0.05, 0.1) is 11.8 Å². The Bertz CT molecular complexity index is 756. The van der Waals surface area contributed by atoms with E-state index < -0.39 is 6.10 Å². The fraction of sp³-hybridized carbons (Fsp3) is 0.450. The average molecular weight is 360 g/mol. The summed E-state index contributed by atoms with van der Waals surface area (Å²) in [6.45, 7) is 2.16. The quantitative estimate of drug-likeness (QED) is 0.911. The maximum atomic E-state index is 13.8. The van der Waals surface area contributed by atoms with Gasteiger partial charge in [-0.2, -0.15) is 0 Å². The highest BCUT2D eigenvalue weighted by atomic mass is 19.1. The summed E-state index contributed by atoms with van der Waals surface area (Å²) in [5.41, 5.74) is 0.464. The zero-order valence-corrected chi connectivity index (χ0v) is 14.4. The van der Waals surface area contributed by atoms with E-state index in [4.69, 9.17) is 4.74 Å². The SMILES string of the molecule is O[C@@H]1C[C@H]2CN(Cc3ncccc3F)C[C@H]2C[C@H]1Oc1ccc(F)cc1. The van der Waals surface area contributed by atoms with Crippen LogP contribution in [0.15, 0.2) is 42.6 Å². The van der Waals surface area contributed by atoms with Crippen LogP contribution in [-0.2, 0) is 6.54 Å². The second kappa shape index (κ2) is 7.29. The van der Waals surface area contributed by atoms with Gasteiger partial charge < -0.3 is 9.84 Å². The van der Waals surface area contributed by atoms with Crippen molar-refractivity contribution in [3.63, 3.8) is 0 Å². The molecule has 0 radical (unpaired) electrons. The van der Waals surface area contributed by atoms with Crippen molar-refractivity contribution in [1.29, 1.82) is 0 Å². The van der Waals surface area contributed by atoms with Crippen LogP contribution >= 0.6 is 0 Å². The van der Waals surface area contributed by atoms with E-state index in [2.05, 4.69) is 9.88 Å². The molecule has 26 heavy (non-hydrogen) atoms. The van der Waals surface area contributed by atoms with Crippen molar-refractivity contribution in [3.05, 3.63) is 59.9 Å². The molecule has 2 aliphatic rings. The van der Waals surface area contributed by atoms with E-state index >= 15 is 0 Å². The van der Waals surface area contributed by atoms with Crippen LogP contribution in [0.2, 0.25) is 0 Å². The van der Waals surface area contributed by atoms with Crippen LogP contribution in [0.1, 0.15) is 18.5 Å². The zero-order chi connectivity index (χ0) is 18.1. The summed E-state index contributed by atoms with van der Waals surface area (Å²) in [5.74, 6) is 0.759. The number of aliphatic hydroxyl groups is 1. The van der Waals surface area contributed by atoms with Crippen molar-refractivity contribution in [2.24, 2.45) is 11.8 Å². The molecular formula is C20H22F2N2O2. The van der Waals surface area contributed by atoms with Crippen LogP contribution in [0.25, 0.3) is 0 Å². The lowest BCUT2D eigenvalue weighted by atomic mass is 9.78. The van der Waals surface area contributed by atoms with E-state index in [1.807, 2.05) is 0 Å². The van der Waals surface area contributed by atoms with Crippen molar-refractivity contribution in [2.75, 3.05) is 13.1 Å². The molecule has 4 atom stereocenters. The molecule has 1 saturated heterocycles. The van der Waals surface area contributed by atoms with Gasteiger partial charge in [0.2, 0.25) is 0 Å². The molecule has 1 saturated carbocycles. The van der Waals surface area contributed by atoms with E-state index in [0.717, 1.165) is 19.5 Å². The van der Waals surface area contributed by atoms with Gasteiger partial charge in [-0.15, -0.1) is 0 Å². The molecule has 1 aromatic carbocycles. The number of aromatic nitrogens is 1. The van der Waals surface area contributed by atoms with Crippen molar-refractivity contribution >= 4 is 0 Å². The van der Waals surface area contributed by atoms with Gasteiger partial charge in [-0.25, -0.2) is 8.78 Å². The van der Waals surface area contributed by atoms with Crippen LogP contribution in [0, 0.1) is 23.5 Å². The highest BCUT2D eigenvalue weighted by molar-refractivity contribution is 5.22. The normalized spacial score (nSPS) is 28.7. The van der Waals surface area contributed by atoms with E-state index in [1.54, 1.807) is 24.4 Å². The third kappa shape index (κ3) is 3.71. The molecule has 4 nitrogen and oxygen atoms in total. The van der Waals surface area contributed by atoms with Crippen LogP contribution in [0.4, 0.5) is 8.78 Å². The molecule has 1 N–H and O–H groups in total. The van der Waals surface area contributed by atoms with Crippen molar-refractivity contribution in [3.8, 4) is 5.75 Å². The Balaban J connectivity index is 1.38. The molecule has 1 aromatic heterocycles. The minimum Gasteiger partial charge on any atom is -0.488 e. The van der Waals surface area contributed by atoms with Crippen LogP contribution < -0.4 is 4.74 Å². The molecule has 0 spiro atoms. The minimum absolute atomic E-state index is 0.278. The lowest BCUT2D eigenvalue weighted by molar-refractivity contribution is -0.0231. The molecule has 2 aromatic rings. The summed E-state index contributed by atoms with van der Waals surface area (Å²) >= 11 is 0. The third-order valence-corrected chi connectivity index (χ3v) is 5.47. The topological polar surface area (TPSA) is 45.6 Å². The van der Waals surface area contributed by atoms with Crippen molar-refractivity contribution in [1.82, 2.24) is 9.88 Å². The van der Waals surface area contributed by atoms with Gasteiger partial charge in [0.25, 0.3) is 0 Å². The van der Waals surface area contributed by atoms with E-state index in [1.165, 1.54) is 18.2 Å². The second-order valence-corrected chi connectivity index (χ2v) is 7.30. The van der Waals surface area contributed by atoms with E-state index in [-0.39, 0.29) is 17.7 Å². The maximum absolute atomic E-state index is 13.8. The van der Waals surface area contributed by atoms with Gasteiger partial charge in [-0.05, 0) is 61.1 Å². The molecule has 2 heterocycles. The molecule has 0 unspecified atom stereocenters. The van der Waals surface area contributed by atoms with Gasteiger partial charge in [0, 0.05) is 25.8 Å². The van der Waals surface area contributed by atoms with Gasteiger partial charge >= 0.3 is 0 Å². The third-order valence-electron chi connectivity index (χ3n) is 5.47. The number of benzene rings is 1. The lowest BCUT2D eigenvalue weighted by Gasteiger charge is -2.35. The molecule has 138 valence electrons. The first-order chi connectivity index (χ1) is 12.6. The number of hydrogen-bond acceptors (Lipinski definition) is 4. The summed E-state index contributed by atoms with van der Waals surface area (Å²) < 4.78 is 32.8. The number of ether oxygens (including phenoxy) is 1. The van der Waals surface area contributed by atoms with Crippen molar-refractivity contribution in [2.45, 2.75) is 31.6 Å². The Morgan fingerprint density at radius 2 is 1.81 bits per heavy atom. The number of fused-ring (bicyclic) bond motifs is 1. The summed E-state index contributed by atoms with van der Waals surface area (Å²) in [5, 5.41) is 10.5. The summed E-state index contributed by atoms with van der Waals surface area (Å²) in [4.78, 5) is 6.33. The van der Waals surface area contributed by atoms with Crippen LogP contribution in [-0.4, -0.2) is 40.3 Å². The smallest absolute Gasteiger partial charge is 0.146 e. The van der Waals surface area contributed by atoms with E-state index in [0.29, 0.717) is 36.2 Å². The molecule has 1 aliphatic carbocycles. The largest absolute Gasteiger partial charge is 0.488 e. The monoisotopic (exact) mass is 360 g/mol. The Morgan fingerprint density at radius 1 is 1.08 bits per heavy atom. The molecule has 0 amide bonds. The first-order valence-corrected chi connectivity index (χ1v) is 9.00. The van der Waals surface area contributed by atoms with Gasteiger partial charge in [0.1, 0.15) is 23.5 Å². The summed E-state index contributed by atoms with van der Waals surface area (Å²) in [6, 6.07) is 8.90. The molecule has 1 aliphatic heterocycles. The molecule has 6 heteroatoms. The number of nitrogens with zero attached hydrogens (tertiary/aromatic N) is 2. The zero-order valence-electron chi connectivity index (χ0n) is 14.4. The minimum atomic E-state index is -0.548. The Labute approximate surface area is 151 Å². The average Bonchev–Trinajstić information content (AvgIpc) is 3.00. The number of rotatable bonds is 4. The Hall–Kier alpha value is -2.05. The number of pyridine rings is 1. The van der Waals surface area contributed by atoms with Gasteiger partial charge in [0.15, 0.2) is 0 Å². The fourth-order valence-corrected chi connectivity index (χ4v) is 4.18. The lowest BCUT2D eigenvalue weighted by Crippen LogP contribution is -2.42. The standard InChI is InChI=1S/C20H22F2N2O2/c21-15-3-5-16(6-4-15)26-20-9-14-11-24(10-13(14)8-19(20)25)12-18-17(22)2-1-7-23-18/h1-7,13-14,19-20,25H,8-12H2/t13-,14+,19+,20+/m0/s1. The number of hydrogen-bond donors (Lipinski definition) is 1. The number of aliphatic hydroxyl groups excluding tert-OH is 1. The first kappa shape index (κ1) is 17.4. The van der Waals surface area contributed by atoms with Gasteiger partial charge in [-0.1, -0.05) is 0 Å². The molecule has 0 bridgehead atoms. The van der Waals surface area contributed by atoms with Crippen LogP contribution in [0.3, 0.4) is 0 Å². The second-order valence-electron chi connectivity index (χ2n) is 7.30. The molecule has 4 rings (SSSR count). The Morgan fingerprint density at radius 3 is 2.54 bits per heavy atom. The number of halogens is 2. The van der Waals surface area contributed by atoms with E-state index in [9.17, 15) is 13.9 Å². The first-order valence-electron chi connectivity index (χ1n) is 9.00. The fourth-order valence-electron chi connectivity index (χ4n) is 4.18. The van der Waals surface area contributed by atoms with Gasteiger partial charge in [-0.3, -0.25) is 9.88 Å². The van der Waals surface area contributed by atoms with Crippen molar-refractivity contribution < 1.29 is 18.6 Å². The Kier molecular flexibility index (Phi) is 4.87. The predicted octanol–water partition coefficient (Wildman–Crippen LogP) is 3.01. The summed E-state index contributed by atoms with van der Waals surface area (Å²) in [7, 11) is 0. The summed E-state index contributed by atoms with van der Waals surface area (Å²) in [6.07, 6.45) is 2.17. The highest BCUT2D eigenvalue weighted by Gasteiger charge is 2.42.